The molecule has 11 heavy (non-hydrogen) atoms. The molecule has 1 aromatic heterocycles. The number of hydrogen-bond donors (Lipinski definition) is 0. The first-order valence-corrected chi connectivity index (χ1v) is 4.56. The van der Waals surface area contributed by atoms with Crippen LogP contribution in [0.25, 0.3) is 0 Å². The Morgan fingerprint density at radius 1 is 1.64 bits per heavy atom. The summed E-state index contributed by atoms with van der Waals surface area (Å²) in [5.74, 6) is 0. The molecule has 3 nitrogen and oxygen atoms in total. The van der Waals surface area contributed by atoms with Crippen molar-refractivity contribution in [3.8, 4) is 0 Å². The second-order valence-corrected chi connectivity index (χ2v) is 3.68. The van der Waals surface area contributed by atoms with E-state index in [1.165, 1.54) is 12.3 Å². The van der Waals surface area contributed by atoms with E-state index in [0.717, 1.165) is 3.57 Å². The molecular weight excluding hydrogens is 288 g/mol. The normalized spacial score (nSPS) is 11.8. The summed E-state index contributed by atoms with van der Waals surface area (Å²) in [5, 5.41) is 0.0897. The monoisotopic (exact) mass is 291 g/mol. The van der Waals surface area contributed by atoms with Gasteiger partial charge >= 0.3 is 29.6 Å². The second kappa shape index (κ2) is 5.60. The van der Waals surface area contributed by atoms with Gasteiger partial charge in [0, 0.05) is 9.77 Å². The van der Waals surface area contributed by atoms with Crippen LogP contribution in [0.4, 0.5) is 0 Å². The van der Waals surface area contributed by atoms with Crippen LogP contribution < -0.4 is 29.6 Å². The largest absolute Gasteiger partial charge is 1.00 e. The van der Waals surface area contributed by atoms with Gasteiger partial charge in [-0.1, -0.05) is 0 Å². The van der Waals surface area contributed by atoms with Gasteiger partial charge in [-0.15, -0.1) is 0 Å². The van der Waals surface area contributed by atoms with Crippen molar-refractivity contribution >= 4 is 33.7 Å². The van der Waals surface area contributed by atoms with Gasteiger partial charge in [0.25, 0.3) is 0 Å². The Hall–Kier alpha value is 0.990. The molecule has 0 spiro atoms. The number of hydrogen-bond acceptors (Lipinski definition) is 3. The number of nitrogens with zero attached hydrogens (tertiary/aromatic N) is 1. The van der Waals surface area contributed by atoms with Crippen LogP contribution in [-0.4, -0.2) is 13.7 Å². The molecule has 0 saturated carbocycles. The molecule has 0 radical (unpaired) electrons. The van der Waals surface area contributed by atoms with E-state index < -0.39 is 11.1 Å². The summed E-state index contributed by atoms with van der Waals surface area (Å²) >= 11 is -0.180. The van der Waals surface area contributed by atoms with E-state index in [1.807, 2.05) is 22.6 Å². The Kier molecular flexibility index (Phi) is 6.11. The van der Waals surface area contributed by atoms with Crippen LogP contribution in [0.2, 0.25) is 0 Å². The molecule has 54 valence electrons. The van der Waals surface area contributed by atoms with E-state index >= 15 is 0 Å². The van der Waals surface area contributed by atoms with Crippen LogP contribution in [0.15, 0.2) is 23.4 Å². The average molecular weight is 291 g/mol. The second-order valence-electron chi connectivity index (χ2n) is 1.55. The van der Waals surface area contributed by atoms with Crippen LogP contribution >= 0.6 is 22.6 Å². The summed E-state index contributed by atoms with van der Waals surface area (Å²) in [7, 11) is 0. The van der Waals surface area contributed by atoms with Crippen LogP contribution in [0.1, 0.15) is 0 Å². The molecule has 1 unspecified atom stereocenters. The van der Waals surface area contributed by atoms with Gasteiger partial charge in [-0.05, 0) is 45.8 Å². The minimum atomic E-state index is -2.21. The summed E-state index contributed by atoms with van der Waals surface area (Å²) in [4.78, 5) is 3.62. The molecule has 6 heteroatoms. The van der Waals surface area contributed by atoms with Crippen molar-refractivity contribution in [2.24, 2.45) is 0 Å². The van der Waals surface area contributed by atoms with Gasteiger partial charge in [0.2, 0.25) is 0 Å². The maximum atomic E-state index is 10.3. The molecule has 0 aliphatic carbocycles. The molecule has 0 aliphatic heterocycles. The molecule has 1 aromatic rings. The van der Waals surface area contributed by atoms with Crippen molar-refractivity contribution in [3.63, 3.8) is 0 Å². The minimum absolute atomic E-state index is 0. The Bertz CT molecular complexity index is 270. The van der Waals surface area contributed by atoms with Crippen molar-refractivity contribution in [1.82, 2.24) is 4.98 Å². The molecule has 0 aliphatic rings. The zero-order valence-electron chi connectivity index (χ0n) is 5.78. The summed E-state index contributed by atoms with van der Waals surface area (Å²) in [6.45, 7) is 0. The predicted molar refractivity (Wildman–Crippen MR) is 44.1 cm³/mol. The fraction of sp³-hybridized carbons (Fsp3) is 0. The number of rotatable bonds is 1. The Balaban J connectivity index is 0.000001000. The molecule has 0 aromatic carbocycles. The van der Waals surface area contributed by atoms with Gasteiger partial charge in [-0.2, -0.15) is 0 Å². The van der Waals surface area contributed by atoms with E-state index in [2.05, 4.69) is 4.98 Å². The van der Waals surface area contributed by atoms with Gasteiger partial charge in [0.1, 0.15) is 5.03 Å². The summed E-state index contributed by atoms with van der Waals surface area (Å²) in [6.07, 6.45) is 1.47. The Labute approximate surface area is 103 Å². The van der Waals surface area contributed by atoms with Crippen LogP contribution in [0.5, 0.6) is 0 Å². The quantitative estimate of drug-likeness (QED) is 0.339. The van der Waals surface area contributed by atoms with E-state index in [1.54, 1.807) is 6.07 Å². The van der Waals surface area contributed by atoms with E-state index in [4.69, 9.17) is 0 Å². The first-order chi connectivity index (χ1) is 4.70. The number of halogens is 1. The van der Waals surface area contributed by atoms with Gasteiger partial charge < -0.3 is 4.55 Å². The van der Waals surface area contributed by atoms with Gasteiger partial charge in [-0.25, -0.2) is 4.98 Å². The van der Waals surface area contributed by atoms with E-state index in [0.29, 0.717) is 0 Å². The third-order valence-corrected chi connectivity index (χ3v) is 2.10. The van der Waals surface area contributed by atoms with Gasteiger partial charge in [0.05, 0.1) is 0 Å². The van der Waals surface area contributed by atoms with Crippen LogP contribution in [0, 0.1) is 3.57 Å². The van der Waals surface area contributed by atoms with Crippen molar-refractivity contribution in [2.75, 3.05) is 0 Å². The molecule has 0 saturated heterocycles. The summed E-state index contributed by atoms with van der Waals surface area (Å²) in [5.41, 5.74) is 0. The van der Waals surface area contributed by atoms with Gasteiger partial charge in [-0.3, -0.25) is 4.21 Å². The molecule has 0 N–H and O–H groups in total. The smallest absolute Gasteiger partial charge is 0.767 e. The van der Waals surface area contributed by atoms with E-state index in [9.17, 15) is 8.76 Å². The third kappa shape index (κ3) is 3.95. The number of pyridine rings is 1. The Morgan fingerprint density at radius 3 is 2.64 bits per heavy atom. The van der Waals surface area contributed by atoms with Crippen molar-refractivity contribution in [1.29, 1.82) is 0 Å². The van der Waals surface area contributed by atoms with Crippen molar-refractivity contribution < 1.29 is 38.3 Å². The predicted octanol–water partition coefficient (Wildman–Crippen LogP) is -2.07. The first-order valence-electron chi connectivity index (χ1n) is 2.41. The van der Waals surface area contributed by atoms with E-state index in [-0.39, 0.29) is 34.6 Å². The fourth-order valence-corrected chi connectivity index (χ4v) is 1.51. The van der Waals surface area contributed by atoms with Crippen molar-refractivity contribution in [3.05, 3.63) is 21.9 Å². The van der Waals surface area contributed by atoms with Crippen LogP contribution in [-0.2, 0) is 11.1 Å². The summed E-state index contributed by atoms with van der Waals surface area (Å²) in [6, 6.07) is 3.24. The standard InChI is InChI=1S/C5H4INO2S.Na/c6-4-1-2-7-5(3-4)10(8)9;/h1-3H,(H,8,9);/q;+1/p-1. The maximum absolute atomic E-state index is 10.3. The minimum Gasteiger partial charge on any atom is -0.767 e. The first kappa shape index (κ1) is 12.0. The van der Waals surface area contributed by atoms with Crippen molar-refractivity contribution in [2.45, 2.75) is 5.03 Å². The third-order valence-electron chi connectivity index (χ3n) is 0.868. The molecule has 1 atom stereocenters. The molecule has 1 heterocycles. The van der Waals surface area contributed by atoms with Gasteiger partial charge in [0.15, 0.2) is 0 Å². The molecule has 1 rings (SSSR count). The zero-order valence-corrected chi connectivity index (χ0v) is 10.8. The maximum Gasteiger partial charge on any atom is 1.00 e. The molecule has 0 bridgehead atoms. The van der Waals surface area contributed by atoms with Crippen LogP contribution in [0.3, 0.4) is 0 Å². The average Bonchev–Trinajstić information content (AvgIpc) is 1.88. The number of aromatic nitrogens is 1. The molecular formula is C5H3INNaO2S. The fourth-order valence-electron chi connectivity index (χ4n) is 0.476. The SMILES string of the molecule is O=S([O-])c1cc(I)ccn1.[Na+]. The molecule has 0 fully saturated rings. The summed E-state index contributed by atoms with van der Waals surface area (Å²) < 4.78 is 21.4. The Morgan fingerprint density at radius 2 is 2.27 bits per heavy atom. The topological polar surface area (TPSA) is 53.0 Å². The zero-order chi connectivity index (χ0) is 7.56. The molecule has 0 amide bonds.